The number of hydrogen-bond acceptors (Lipinski definition) is 2. The molecule has 21 heavy (non-hydrogen) atoms. The van der Waals surface area contributed by atoms with Gasteiger partial charge in [0, 0.05) is 22.7 Å². The molecule has 1 saturated heterocycles. The van der Waals surface area contributed by atoms with Crippen molar-refractivity contribution < 1.29 is 18.0 Å². The molecule has 0 aromatic heterocycles. The van der Waals surface area contributed by atoms with E-state index in [9.17, 15) is 18.0 Å². The van der Waals surface area contributed by atoms with Crippen molar-refractivity contribution in [2.75, 3.05) is 16.8 Å². The minimum Gasteiger partial charge on any atom is -0.368 e. The van der Waals surface area contributed by atoms with E-state index in [4.69, 9.17) is 0 Å². The van der Waals surface area contributed by atoms with Crippen molar-refractivity contribution in [2.24, 2.45) is 0 Å². The van der Waals surface area contributed by atoms with Gasteiger partial charge in [-0.05, 0) is 60.3 Å². The highest BCUT2D eigenvalue weighted by atomic mass is 79.9. The van der Waals surface area contributed by atoms with E-state index < -0.39 is 12.1 Å². The van der Waals surface area contributed by atoms with Crippen molar-refractivity contribution in [2.45, 2.75) is 38.4 Å². The van der Waals surface area contributed by atoms with Crippen LogP contribution in [-0.2, 0) is 4.79 Å². The average molecular weight is 365 g/mol. The molecule has 1 aromatic rings. The van der Waals surface area contributed by atoms with Crippen molar-refractivity contribution in [3.8, 4) is 0 Å². The third-order valence-corrected chi connectivity index (χ3v) is 4.21. The molecular formula is C14H16BrF3N2O. The second-order valence-corrected chi connectivity index (χ2v) is 6.01. The van der Waals surface area contributed by atoms with Gasteiger partial charge in [-0.15, -0.1) is 0 Å². The fourth-order valence-electron chi connectivity index (χ4n) is 2.48. The molecule has 1 atom stereocenters. The number of benzene rings is 1. The van der Waals surface area contributed by atoms with E-state index in [1.807, 2.05) is 5.32 Å². The standard InChI is InChI=1S/C14H16BrF3N2O/c1-9-4-2-3-7-20(9)12-6-5-10(8-11(12)15)19-13(21)14(16,17)18/h5-6,8-9H,2-4,7H2,1H3,(H,19,21)/t9-/m1/s1. The zero-order valence-corrected chi connectivity index (χ0v) is 13.1. The monoisotopic (exact) mass is 364 g/mol. The molecule has 1 fully saturated rings. The lowest BCUT2D eigenvalue weighted by Crippen LogP contribution is -2.37. The molecule has 0 spiro atoms. The number of nitrogens with one attached hydrogen (secondary N) is 1. The molecule has 0 radical (unpaired) electrons. The molecule has 0 unspecified atom stereocenters. The van der Waals surface area contributed by atoms with E-state index >= 15 is 0 Å². The fourth-order valence-corrected chi connectivity index (χ4v) is 3.08. The van der Waals surface area contributed by atoms with Crippen LogP contribution in [0.15, 0.2) is 22.7 Å². The number of amides is 1. The Morgan fingerprint density at radius 1 is 1.38 bits per heavy atom. The first-order valence-electron chi connectivity index (χ1n) is 6.73. The predicted molar refractivity (Wildman–Crippen MR) is 79.5 cm³/mol. The summed E-state index contributed by atoms with van der Waals surface area (Å²) in [5.74, 6) is -1.96. The van der Waals surface area contributed by atoms with Crippen LogP contribution in [0.5, 0.6) is 0 Å². The van der Waals surface area contributed by atoms with Crippen molar-refractivity contribution in [3.05, 3.63) is 22.7 Å². The van der Waals surface area contributed by atoms with Gasteiger partial charge in [0.05, 0.1) is 5.69 Å². The topological polar surface area (TPSA) is 32.3 Å². The first-order valence-corrected chi connectivity index (χ1v) is 7.52. The Morgan fingerprint density at radius 2 is 2.10 bits per heavy atom. The van der Waals surface area contributed by atoms with Gasteiger partial charge in [-0.2, -0.15) is 13.2 Å². The van der Waals surface area contributed by atoms with Crippen molar-refractivity contribution in [1.82, 2.24) is 0 Å². The van der Waals surface area contributed by atoms with Crippen molar-refractivity contribution >= 4 is 33.2 Å². The molecule has 1 aromatic carbocycles. The lowest BCUT2D eigenvalue weighted by molar-refractivity contribution is -0.167. The van der Waals surface area contributed by atoms with Crippen LogP contribution in [0.2, 0.25) is 0 Å². The van der Waals surface area contributed by atoms with Gasteiger partial charge in [-0.1, -0.05) is 0 Å². The number of nitrogens with zero attached hydrogens (tertiary/aromatic N) is 1. The SMILES string of the molecule is C[C@@H]1CCCCN1c1ccc(NC(=O)C(F)(F)F)cc1Br. The summed E-state index contributed by atoms with van der Waals surface area (Å²) in [6.07, 6.45) is -1.50. The van der Waals surface area contributed by atoms with Crippen LogP contribution >= 0.6 is 15.9 Å². The Kier molecular flexibility index (Phi) is 4.81. The summed E-state index contributed by atoms with van der Waals surface area (Å²) in [5.41, 5.74) is 1.06. The number of anilines is 2. The summed E-state index contributed by atoms with van der Waals surface area (Å²) in [4.78, 5) is 13.1. The summed E-state index contributed by atoms with van der Waals surface area (Å²) in [6, 6.07) is 5.12. The quantitative estimate of drug-likeness (QED) is 0.846. The average Bonchev–Trinajstić information content (AvgIpc) is 2.39. The first kappa shape index (κ1) is 16.1. The third-order valence-electron chi connectivity index (χ3n) is 3.58. The third kappa shape index (κ3) is 3.90. The van der Waals surface area contributed by atoms with Gasteiger partial charge in [0.2, 0.25) is 0 Å². The Hall–Kier alpha value is -1.24. The van der Waals surface area contributed by atoms with Gasteiger partial charge >= 0.3 is 12.1 Å². The maximum atomic E-state index is 12.2. The van der Waals surface area contributed by atoms with E-state index in [0.29, 0.717) is 10.5 Å². The maximum Gasteiger partial charge on any atom is 0.471 e. The van der Waals surface area contributed by atoms with Crippen LogP contribution in [0.25, 0.3) is 0 Å². The van der Waals surface area contributed by atoms with Gasteiger partial charge in [0.1, 0.15) is 0 Å². The van der Waals surface area contributed by atoms with E-state index in [2.05, 4.69) is 27.8 Å². The van der Waals surface area contributed by atoms with Crippen molar-refractivity contribution in [3.63, 3.8) is 0 Å². The number of alkyl halides is 3. The fraction of sp³-hybridized carbons (Fsp3) is 0.500. The number of hydrogen-bond donors (Lipinski definition) is 1. The molecule has 0 aliphatic carbocycles. The Bertz CT molecular complexity index is 533. The van der Waals surface area contributed by atoms with Crippen molar-refractivity contribution in [1.29, 1.82) is 0 Å². The molecule has 1 aliphatic heterocycles. The lowest BCUT2D eigenvalue weighted by Gasteiger charge is -2.36. The highest BCUT2D eigenvalue weighted by molar-refractivity contribution is 9.10. The predicted octanol–water partition coefficient (Wildman–Crippen LogP) is 4.33. The van der Waals surface area contributed by atoms with E-state index in [-0.39, 0.29) is 5.69 Å². The number of rotatable bonds is 2. The minimum absolute atomic E-state index is 0.123. The number of halogens is 4. The largest absolute Gasteiger partial charge is 0.471 e. The summed E-state index contributed by atoms with van der Waals surface area (Å²) < 4.78 is 37.4. The second-order valence-electron chi connectivity index (χ2n) is 5.16. The molecule has 1 aliphatic rings. The molecule has 7 heteroatoms. The van der Waals surface area contributed by atoms with Gasteiger partial charge in [0.15, 0.2) is 0 Å². The molecular weight excluding hydrogens is 349 g/mol. The highest BCUT2D eigenvalue weighted by Crippen LogP contribution is 2.33. The smallest absolute Gasteiger partial charge is 0.368 e. The number of piperidine rings is 1. The maximum absolute atomic E-state index is 12.2. The van der Waals surface area contributed by atoms with Crippen LogP contribution in [-0.4, -0.2) is 24.7 Å². The van der Waals surface area contributed by atoms with Gasteiger partial charge in [-0.25, -0.2) is 0 Å². The van der Waals surface area contributed by atoms with Gasteiger partial charge in [-0.3, -0.25) is 4.79 Å². The van der Waals surface area contributed by atoms with E-state index in [0.717, 1.165) is 25.1 Å². The van der Waals surface area contributed by atoms with Gasteiger partial charge < -0.3 is 10.2 Å². The molecule has 116 valence electrons. The molecule has 2 rings (SSSR count). The molecule has 0 bridgehead atoms. The van der Waals surface area contributed by atoms with E-state index in [1.54, 1.807) is 6.07 Å². The number of carbonyl (C=O) groups excluding carboxylic acids is 1. The molecule has 1 heterocycles. The molecule has 0 saturated carbocycles. The summed E-state index contributed by atoms with van der Waals surface area (Å²) in [5, 5.41) is 1.85. The summed E-state index contributed by atoms with van der Waals surface area (Å²) >= 11 is 3.38. The zero-order valence-electron chi connectivity index (χ0n) is 11.5. The minimum atomic E-state index is -4.88. The first-order chi connectivity index (χ1) is 9.79. The van der Waals surface area contributed by atoms with E-state index in [1.165, 1.54) is 18.6 Å². The van der Waals surface area contributed by atoms with Gasteiger partial charge in [0.25, 0.3) is 0 Å². The Morgan fingerprint density at radius 3 is 2.67 bits per heavy atom. The number of carbonyl (C=O) groups is 1. The van der Waals surface area contributed by atoms with Crippen LogP contribution in [0.4, 0.5) is 24.5 Å². The highest BCUT2D eigenvalue weighted by Gasteiger charge is 2.38. The van der Waals surface area contributed by atoms with Crippen LogP contribution in [0, 0.1) is 0 Å². The Labute approximate surface area is 129 Å². The zero-order chi connectivity index (χ0) is 15.6. The van der Waals surface area contributed by atoms with Crippen LogP contribution < -0.4 is 10.2 Å². The Balaban J connectivity index is 2.16. The normalized spacial score (nSPS) is 19.5. The summed E-state index contributed by atoms with van der Waals surface area (Å²) in [6.45, 7) is 3.05. The molecule has 1 amide bonds. The lowest BCUT2D eigenvalue weighted by atomic mass is 10.0. The molecule has 3 nitrogen and oxygen atoms in total. The second kappa shape index (κ2) is 6.25. The van der Waals surface area contributed by atoms with Crippen LogP contribution in [0.1, 0.15) is 26.2 Å². The van der Waals surface area contributed by atoms with Crippen LogP contribution in [0.3, 0.4) is 0 Å². The molecule has 1 N–H and O–H groups in total. The summed E-state index contributed by atoms with van der Waals surface area (Å²) in [7, 11) is 0.